The van der Waals surface area contributed by atoms with E-state index in [1.165, 1.54) is 0 Å². The zero-order chi connectivity index (χ0) is 13.5. The van der Waals surface area contributed by atoms with E-state index in [0.29, 0.717) is 0 Å². The molecule has 0 saturated carbocycles. The van der Waals surface area contributed by atoms with Crippen molar-refractivity contribution < 1.29 is 18.0 Å². The number of halogens is 3. The van der Waals surface area contributed by atoms with E-state index >= 15 is 0 Å². The normalized spacial score (nSPS) is 9.67. The van der Waals surface area contributed by atoms with Gasteiger partial charge in [0, 0.05) is 24.4 Å². The Bertz CT molecular complexity index is 462. The van der Waals surface area contributed by atoms with E-state index in [-0.39, 0.29) is 25.2 Å². The van der Waals surface area contributed by atoms with Crippen LogP contribution in [0, 0.1) is 28.8 Å². The Hall–Kier alpha value is -2.23. The van der Waals surface area contributed by atoms with Crippen molar-refractivity contribution in [1.29, 1.82) is 5.26 Å². The number of hydrogen-bond donors (Lipinski definition) is 2. The highest BCUT2D eigenvalue weighted by Gasteiger charge is 2.10. The van der Waals surface area contributed by atoms with Crippen LogP contribution >= 0.6 is 0 Å². The lowest BCUT2D eigenvalue weighted by Crippen LogP contribution is -2.30. The first-order valence-electron chi connectivity index (χ1n) is 5.06. The maximum atomic E-state index is 12.8. The van der Waals surface area contributed by atoms with Crippen molar-refractivity contribution in [2.45, 2.75) is 6.42 Å². The van der Waals surface area contributed by atoms with Crippen LogP contribution in [0.5, 0.6) is 0 Å². The fourth-order valence-corrected chi connectivity index (χ4v) is 1.16. The molecule has 0 aliphatic rings. The van der Waals surface area contributed by atoms with Gasteiger partial charge in [-0.3, -0.25) is 4.79 Å². The quantitative estimate of drug-likeness (QED) is 0.621. The number of nitriles is 1. The minimum absolute atomic E-state index is 0.0400. The Balaban J connectivity index is 2.49. The Morgan fingerprint density at radius 2 is 1.89 bits per heavy atom. The van der Waals surface area contributed by atoms with Crippen LogP contribution < -0.4 is 10.6 Å². The molecular formula is C11H10F3N3O. The molecule has 0 radical (unpaired) electrons. The number of carbonyl (C=O) groups excluding carboxylic acids is 1. The summed E-state index contributed by atoms with van der Waals surface area (Å²) in [5.41, 5.74) is -0.0400. The predicted octanol–water partition coefficient (Wildman–Crippen LogP) is 1.55. The van der Waals surface area contributed by atoms with E-state index in [2.05, 4.69) is 10.6 Å². The third-order valence-electron chi connectivity index (χ3n) is 2.00. The first-order chi connectivity index (χ1) is 8.54. The molecule has 0 aromatic heterocycles. The second-order valence-corrected chi connectivity index (χ2v) is 3.37. The number of anilines is 1. The third-order valence-corrected chi connectivity index (χ3v) is 2.00. The van der Waals surface area contributed by atoms with Crippen LogP contribution in [0.1, 0.15) is 6.42 Å². The minimum atomic E-state index is -1.56. The molecule has 0 bridgehead atoms. The predicted molar refractivity (Wildman–Crippen MR) is 58.0 cm³/mol. The number of carbonyl (C=O) groups is 1. The molecule has 1 aromatic rings. The van der Waals surface area contributed by atoms with Crippen LogP contribution in [0.3, 0.4) is 0 Å². The lowest BCUT2D eigenvalue weighted by atomic mass is 10.3. The number of nitrogens with zero attached hydrogens (tertiary/aromatic N) is 1. The van der Waals surface area contributed by atoms with Crippen LogP contribution in [-0.4, -0.2) is 19.0 Å². The average Bonchev–Trinajstić information content (AvgIpc) is 2.33. The van der Waals surface area contributed by atoms with E-state index in [1.54, 1.807) is 0 Å². The zero-order valence-electron chi connectivity index (χ0n) is 9.27. The van der Waals surface area contributed by atoms with Crippen molar-refractivity contribution in [2.24, 2.45) is 0 Å². The van der Waals surface area contributed by atoms with Gasteiger partial charge in [-0.2, -0.15) is 5.26 Å². The molecule has 0 unspecified atom stereocenters. The highest BCUT2D eigenvalue weighted by molar-refractivity contribution is 5.80. The summed E-state index contributed by atoms with van der Waals surface area (Å²) in [4.78, 5) is 11.2. The van der Waals surface area contributed by atoms with E-state index in [4.69, 9.17) is 5.26 Å². The van der Waals surface area contributed by atoms with Gasteiger partial charge >= 0.3 is 0 Å². The van der Waals surface area contributed by atoms with Crippen molar-refractivity contribution in [2.75, 3.05) is 18.4 Å². The molecule has 1 rings (SSSR count). The molecule has 0 fully saturated rings. The zero-order valence-corrected chi connectivity index (χ0v) is 9.27. The van der Waals surface area contributed by atoms with Gasteiger partial charge in [-0.1, -0.05) is 0 Å². The monoisotopic (exact) mass is 257 g/mol. The molecule has 4 nitrogen and oxygen atoms in total. The lowest BCUT2D eigenvalue weighted by Gasteiger charge is -2.07. The summed E-state index contributed by atoms with van der Waals surface area (Å²) >= 11 is 0. The molecule has 0 atom stereocenters. The highest BCUT2D eigenvalue weighted by atomic mass is 19.2. The van der Waals surface area contributed by atoms with E-state index < -0.39 is 23.4 Å². The van der Waals surface area contributed by atoms with Crippen LogP contribution in [0.4, 0.5) is 18.9 Å². The molecule has 96 valence electrons. The largest absolute Gasteiger partial charge is 0.376 e. The summed E-state index contributed by atoms with van der Waals surface area (Å²) in [5, 5.41) is 13.1. The van der Waals surface area contributed by atoms with Gasteiger partial charge in [0.05, 0.1) is 19.0 Å². The van der Waals surface area contributed by atoms with Gasteiger partial charge in [-0.05, 0) is 0 Å². The first-order valence-corrected chi connectivity index (χ1v) is 5.06. The maximum absolute atomic E-state index is 12.8. The van der Waals surface area contributed by atoms with Crippen LogP contribution in [-0.2, 0) is 4.79 Å². The van der Waals surface area contributed by atoms with Gasteiger partial charge < -0.3 is 10.6 Å². The van der Waals surface area contributed by atoms with Gasteiger partial charge in [0.2, 0.25) is 5.91 Å². The number of rotatable bonds is 5. The molecule has 7 heteroatoms. The molecule has 18 heavy (non-hydrogen) atoms. The summed E-state index contributed by atoms with van der Waals surface area (Å²) < 4.78 is 38.3. The molecule has 0 spiro atoms. The Morgan fingerprint density at radius 1 is 1.28 bits per heavy atom. The molecule has 1 aromatic carbocycles. The Morgan fingerprint density at radius 3 is 2.44 bits per heavy atom. The van der Waals surface area contributed by atoms with Crippen molar-refractivity contribution in [3.8, 4) is 6.07 Å². The SMILES string of the molecule is N#CCCNC(=O)CNc1cc(F)c(F)c(F)c1. The van der Waals surface area contributed by atoms with Crippen molar-refractivity contribution >= 4 is 11.6 Å². The van der Waals surface area contributed by atoms with E-state index in [0.717, 1.165) is 12.1 Å². The molecule has 0 saturated heterocycles. The average molecular weight is 257 g/mol. The second kappa shape index (κ2) is 6.49. The number of amides is 1. The van der Waals surface area contributed by atoms with Gasteiger partial charge in [0.15, 0.2) is 17.5 Å². The van der Waals surface area contributed by atoms with Gasteiger partial charge in [0.1, 0.15) is 0 Å². The third kappa shape index (κ3) is 3.97. The number of nitrogens with one attached hydrogen (secondary N) is 2. The molecule has 1 amide bonds. The van der Waals surface area contributed by atoms with E-state index in [1.807, 2.05) is 6.07 Å². The van der Waals surface area contributed by atoms with Crippen LogP contribution in [0.15, 0.2) is 12.1 Å². The van der Waals surface area contributed by atoms with Crippen LogP contribution in [0.25, 0.3) is 0 Å². The molecule has 0 heterocycles. The molecule has 0 aliphatic heterocycles. The fraction of sp³-hybridized carbons (Fsp3) is 0.273. The Kier molecular flexibility index (Phi) is 4.99. The molecule has 0 aliphatic carbocycles. The Labute approximate surface area is 101 Å². The summed E-state index contributed by atoms with van der Waals surface area (Å²) in [6, 6.07) is 3.34. The number of hydrogen-bond acceptors (Lipinski definition) is 3. The second-order valence-electron chi connectivity index (χ2n) is 3.37. The smallest absolute Gasteiger partial charge is 0.239 e. The summed E-state index contributed by atoms with van der Waals surface area (Å²) in [6.45, 7) is -0.0287. The first kappa shape index (κ1) is 13.8. The number of benzene rings is 1. The standard InChI is InChI=1S/C11H10F3N3O/c12-8-4-7(5-9(13)11(8)14)17-6-10(18)16-3-1-2-15/h4-5,17H,1,3,6H2,(H,16,18). The summed E-state index contributed by atoms with van der Waals surface area (Å²) in [7, 11) is 0. The van der Waals surface area contributed by atoms with Crippen LogP contribution in [0.2, 0.25) is 0 Å². The van der Waals surface area contributed by atoms with Gasteiger partial charge in [0.25, 0.3) is 0 Å². The minimum Gasteiger partial charge on any atom is -0.376 e. The lowest BCUT2D eigenvalue weighted by molar-refractivity contribution is -0.119. The molecular weight excluding hydrogens is 247 g/mol. The van der Waals surface area contributed by atoms with Crippen molar-refractivity contribution in [3.63, 3.8) is 0 Å². The van der Waals surface area contributed by atoms with Gasteiger partial charge in [-0.25, -0.2) is 13.2 Å². The summed E-state index contributed by atoms with van der Waals surface area (Å²) in [6.07, 6.45) is 0.172. The van der Waals surface area contributed by atoms with Crippen molar-refractivity contribution in [1.82, 2.24) is 5.32 Å². The maximum Gasteiger partial charge on any atom is 0.239 e. The highest BCUT2D eigenvalue weighted by Crippen LogP contribution is 2.16. The fourth-order valence-electron chi connectivity index (χ4n) is 1.16. The molecule has 2 N–H and O–H groups in total. The van der Waals surface area contributed by atoms with E-state index in [9.17, 15) is 18.0 Å². The summed E-state index contributed by atoms with van der Waals surface area (Å²) in [5.74, 6) is -4.65. The topological polar surface area (TPSA) is 64.9 Å². The van der Waals surface area contributed by atoms with Gasteiger partial charge in [-0.15, -0.1) is 0 Å². The van der Waals surface area contributed by atoms with Crippen molar-refractivity contribution in [3.05, 3.63) is 29.6 Å².